The van der Waals surface area contributed by atoms with Crippen LogP contribution in [0.3, 0.4) is 0 Å². The van der Waals surface area contributed by atoms with Gasteiger partial charge >= 0.3 is 5.97 Å². The highest BCUT2D eigenvalue weighted by atomic mass is 16.5. The third kappa shape index (κ3) is 2.20. The molecule has 1 fully saturated rings. The summed E-state index contributed by atoms with van der Waals surface area (Å²) in [6.45, 7) is 0. The van der Waals surface area contributed by atoms with Gasteiger partial charge < -0.3 is 14.6 Å². The van der Waals surface area contributed by atoms with Crippen LogP contribution < -0.4 is 9.47 Å². The SMILES string of the molecule is COc1ccc(C2(CC(=O)O)CC2)cc1OC. The molecule has 0 atom stereocenters. The van der Waals surface area contributed by atoms with Gasteiger partial charge in [0.1, 0.15) is 0 Å². The molecule has 0 unspecified atom stereocenters. The highest BCUT2D eigenvalue weighted by Gasteiger charge is 2.46. The summed E-state index contributed by atoms with van der Waals surface area (Å²) in [7, 11) is 3.17. The number of hydrogen-bond acceptors (Lipinski definition) is 3. The van der Waals surface area contributed by atoms with Crippen LogP contribution in [0.1, 0.15) is 24.8 Å². The molecule has 17 heavy (non-hydrogen) atoms. The molecule has 2 rings (SSSR count). The van der Waals surface area contributed by atoms with Crippen LogP contribution in [-0.2, 0) is 10.2 Å². The predicted octanol–water partition coefficient (Wildman–Crippen LogP) is 2.21. The molecule has 0 heterocycles. The van der Waals surface area contributed by atoms with Crippen LogP contribution in [0.25, 0.3) is 0 Å². The quantitative estimate of drug-likeness (QED) is 0.851. The standard InChI is InChI=1S/C13H16O4/c1-16-10-4-3-9(7-11(10)17-2)13(5-6-13)8-12(14)15/h3-4,7H,5-6,8H2,1-2H3,(H,14,15). The van der Waals surface area contributed by atoms with E-state index in [0.29, 0.717) is 11.5 Å². The minimum atomic E-state index is -0.753. The van der Waals surface area contributed by atoms with Crippen LogP contribution in [0, 0.1) is 0 Å². The minimum Gasteiger partial charge on any atom is -0.493 e. The fourth-order valence-electron chi connectivity index (χ4n) is 2.17. The smallest absolute Gasteiger partial charge is 0.304 e. The molecule has 4 heteroatoms. The van der Waals surface area contributed by atoms with E-state index in [1.54, 1.807) is 14.2 Å². The molecule has 1 aliphatic rings. The number of aliphatic carboxylic acids is 1. The summed E-state index contributed by atoms with van der Waals surface area (Å²) in [6, 6.07) is 5.64. The highest BCUT2D eigenvalue weighted by molar-refractivity contribution is 5.70. The average Bonchev–Trinajstić information content (AvgIpc) is 3.08. The molecule has 0 aliphatic heterocycles. The van der Waals surface area contributed by atoms with E-state index in [2.05, 4.69) is 0 Å². The van der Waals surface area contributed by atoms with Crippen molar-refractivity contribution < 1.29 is 19.4 Å². The summed E-state index contributed by atoms with van der Waals surface area (Å²) in [4.78, 5) is 10.8. The van der Waals surface area contributed by atoms with E-state index in [4.69, 9.17) is 14.6 Å². The second kappa shape index (κ2) is 4.28. The van der Waals surface area contributed by atoms with Crippen molar-refractivity contribution in [1.29, 1.82) is 0 Å². The van der Waals surface area contributed by atoms with Gasteiger partial charge in [0.25, 0.3) is 0 Å². The first kappa shape index (κ1) is 11.8. The Morgan fingerprint density at radius 3 is 2.41 bits per heavy atom. The normalized spacial score (nSPS) is 16.4. The second-order valence-corrected chi connectivity index (χ2v) is 4.42. The largest absolute Gasteiger partial charge is 0.493 e. The van der Waals surface area contributed by atoms with Gasteiger partial charge in [0.15, 0.2) is 11.5 Å². The van der Waals surface area contributed by atoms with Gasteiger partial charge in [0.2, 0.25) is 0 Å². The molecule has 0 spiro atoms. The minimum absolute atomic E-state index is 0.183. The molecule has 0 saturated heterocycles. The maximum absolute atomic E-state index is 10.8. The van der Waals surface area contributed by atoms with Crippen LogP contribution in [0.5, 0.6) is 11.5 Å². The summed E-state index contributed by atoms with van der Waals surface area (Å²) in [5.41, 5.74) is 0.836. The van der Waals surface area contributed by atoms with Crippen LogP contribution in [-0.4, -0.2) is 25.3 Å². The van der Waals surface area contributed by atoms with Gasteiger partial charge in [-0.1, -0.05) is 6.07 Å². The van der Waals surface area contributed by atoms with Crippen molar-refractivity contribution in [3.8, 4) is 11.5 Å². The zero-order valence-corrected chi connectivity index (χ0v) is 10.0. The van der Waals surface area contributed by atoms with Crippen molar-refractivity contribution in [1.82, 2.24) is 0 Å². The number of carboxylic acid groups (broad SMARTS) is 1. The fourth-order valence-corrected chi connectivity index (χ4v) is 2.17. The van der Waals surface area contributed by atoms with Gasteiger partial charge in [0, 0.05) is 5.41 Å². The molecule has 0 radical (unpaired) electrons. The van der Waals surface area contributed by atoms with Crippen LogP contribution in [0.4, 0.5) is 0 Å². The first-order valence-electron chi connectivity index (χ1n) is 5.55. The third-order valence-corrected chi connectivity index (χ3v) is 3.34. The zero-order chi connectivity index (χ0) is 12.5. The molecule has 1 saturated carbocycles. The van der Waals surface area contributed by atoms with E-state index in [1.165, 1.54) is 0 Å². The number of benzene rings is 1. The molecule has 1 aromatic carbocycles. The summed E-state index contributed by atoms with van der Waals surface area (Å²) in [5.74, 6) is 0.571. The second-order valence-electron chi connectivity index (χ2n) is 4.42. The summed E-state index contributed by atoms with van der Waals surface area (Å²) >= 11 is 0. The van der Waals surface area contributed by atoms with E-state index in [0.717, 1.165) is 18.4 Å². The molecular formula is C13H16O4. The molecule has 1 aromatic rings. The van der Waals surface area contributed by atoms with Gasteiger partial charge in [-0.25, -0.2) is 0 Å². The summed E-state index contributed by atoms with van der Waals surface area (Å²) in [6.07, 6.45) is 2.03. The molecule has 0 bridgehead atoms. The lowest BCUT2D eigenvalue weighted by Crippen LogP contribution is -2.13. The number of ether oxygens (including phenoxy) is 2. The maximum atomic E-state index is 10.8. The van der Waals surface area contributed by atoms with E-state index in [9.17, 15) is 4.79 Å². The Labute approximate surface area is 100 Å². The molecule has 1 aliphatic carbocycles. The Bertz CT molecular complexity index is 435. The van der Waals surface area contributed by atoms with Crippen molar-refractivity contribution in [3.63, 3.8) is 0 Å². The Kier molecular flexibility index (Phi) is 2.96. The van der Waals surface area contributed by atoms with Crippen LogP contribution in [0.2, 0.25) is 0 Å². The Morgan fingerprint density at radius 2 is 1.94 bits per heavy atom. The molecular weight excluding hydrogens is 220 g/mol. The van der Waals surface area contributed by atoms with Crippen molar-refractivity contribution in [2.24, 2.45) is 0 Å². The Hall–Kier alpha value is -1.71. The topological polar surface area (TPSA) is 55.8 Å². The van der Waals surface area contributed by atoms with Gasteiger partial charge in [-0.05, 0) is 30.5 Å². The van der Waals surface area contributed by atoms with E-state index < -0.39 is 5.97 Å². The maximum Gasteiger partial charge on any atom is 0.304 e. The lowest BCUT2D eigenvalue weighted by molar-refractivity contribution is -0.137. The average molecular weight is 236 g/mol. The molecule has 92 valence electrons. The lowest BCUT2D eigenvalue weighted by Gasteiger charge is -2.15. The van der Waals surface area contributed by atoms with E-state index >= 15 is 0 Å². The number of methoxy groups -OCH3 is 2. The fraction of sp³-hybridized carbons (Fsp3) is 0.462. The zero-order valence-electron chi connectivity index (χ0n) is 10.0. The molecule has 1 N–H and O–H groups in total. The molecule has 0 amide bonds. The predicted molar refractivity (Wildman–Crippen MR) is 62.7 cm³/mol. The van der Waals surface area contributed by atoms with Crippen molar-refractivity contribution in [2.75, 3.05) is 14.2 Å². The van der Waals surface area contributed by atoms with E-state index in [1.807, 2.05) is 18.2 Å². The number of rotatable bonds is 5. The third-order valence-electron chi connectivity index (χ3n) is 3.34. The van der Waals surface area contributed by atoms with Gasteiger partial charge in [-0.15, -0.1) is 0 Å². The number of carbonyl (C=O) groups is 1. The van der Waals surface area contributed by atoms with Crippen molar-refractivity contribution >= 4 is 5.97 Å². The van der Waals surface area contributed by atoms with E-state index in [-0.39, 0.29) is 11.8 Å². The lowest BCUT2D eigenvalue weighted by atomic mass is 9.92. The Balaban J connectivity index is 2.30. The highest BCUT2D eigenvalue weighted by Crippen LogP contribution is 2.52. The summed E-state index contributed by atoms with van der Waals surface area (Å²) in [5, 5.41) is 8.92. The van der Waals surface area contributed by atoms with Gasteiger partial charge in [-0.3, -0.25) is 4.79 Å². The van der Waals surface area contributed by atoms with Crippen molar-refractivity contribution in [2.45, 2.75) is 24.7 Å². The Morgan fingerprint density at radius 1 is 1.29 bits per heavy atom. The van der Waals surface area contributed by atoms with Crippen LogP contribution in [0.15, 0.2) is 18.2 Å². The number of carboxylic acids is 1. The first-order valence-corrected chi connectivity index (χ1v) is 5.55. The monoisotopic (exact) mass is 236 g/mol. The number of hydrogen-bond donors (Lipinski definition) is 1. The van der Waals surface area contributed by atoms with Gasteiger partial charge in [0.05, 0.1) is 20.6 Å². The van der Waals surface area contributed by atoms with Crippen molar-refractivity contribution in [3.05, 3.63) is 23.8 Å². The first-order chi connectivity index (χ1) is 8.11. The van der Waals surface area contributed by atoms with Crippen LogP contribution >= 0.6 is 0 Å². The summed E-state index contributed by atoms with van der Waals surface area (Å²) < 4.78 is 10.4. The van der Waals surface area contributed by atoms with Gasteiger partial charge in [-0.2, -0.15) is 0 Å². The molecule has 4 nitrogen and oxygen atoms in total. The molecule has 0 aromatic heterocycles.